The molecule has 0 saturated carbocycles. The first-order valence-electron chi connectivity index (χ1n) is 6.16. The molecule has 96 valence electrons. The molecule has 0 bridgehead atoms. The number of fused-ring (bicyclic) bond motifs is 1. The second-order valence-electron chi connectivity index (χ2n) is 4.62. The normalized spacial score (nSPS) is 12.7. The van der Waals surface area contributed by atoms with Crippen LogP contribution in [-0.2, 0) is 0 Å². The monoisotopic (exact) mass is 246 g/mol. The van der Waals surface area contributed by atoms with Crippen LogP contribution in [0.3, 0.4) is 0 Å². The molecule has 2 rings (SSSR count). The number of amides is 1. The molecule has 1 atom stereocenters. The molecule has 0 aliphatic heterocycles. The summed E-state index contributed by atoms with van der Waals surface area (Å²) >= 11 is 0. The Bertz CT molecular complexity index is 588. The summed E-state index contributed by atoms with van der Waals surface area (Å²) < 4.78 is 1.75. The molecule has 2 aromatic heterocycles. The van der Waals surface area contributed by atoms with E-state index >= 15 is 0 Å². The third kappa shape index (κ3) is 2.34. The number of rotatable bonds is 3. The summed E-state index contributed by atoms with van der Waals surface area (Å²) in [6, 6.07) is 3.78. The highest BCUT2D eigenvalue weighted by Gasteiger charge is 2.13. The summed E-state index contributed by atoms with van der Waals surface area (Å²) in [7, 11) is 0. The van der Waals surface area contributed by atoms with Gasteiger partial charge in [-0.2, -0.15) is 5.10 Å². The molecule has 0 aliphatic rings. The molecule has 18 heavy (non-hydrogen) atoms. The van der Waals surface area contributed by atoms with E-state index in [-0.39, 0.29) is 11.9 Å². The second kappa shape index (κ2) is 4.76. The molecule has 0 aliphatic carbocycles. The highest BCUT2D eigenvalue weighted by atomic mass is 16.1. The van der Waals surface area contributed by atoms with Gasteiger partial charge in [-0.25, -0.2) is 9.50 Å². The Morgan fingerprint density at radius 2 is 2.17 bits per heavy atom. The number of nitrogens with zero attached hydrogens (tertiary/aromatic N) is 3. The molecule has 1 unspecified atom stereocenters. The van der Waals surface area contributed by atoms with E-state index in [1.165, 1.54) is 0 Å². The van der Waals surface area contributed by atoms with Crippen LogP contribution in [0.1, 0.15) is 42.1 Å². The summed E-state index contributed by atoms with van der Waals surface area (Å²) in [6.45, 7) is 7.84. The summed E-state index contributed by atoms with van der Waals surface area (Å²) in [4.78, 5) is 16.3. The fourth-order valence-electron chi connectivity index (χ4n) is 1.76. The molecule has 5 heteroatoms. The van der Waals surface area contributed by atoms with Gasteiger partial charge in [-0.15, -0.1) is 0 Å². The molecule has 0 aromatic carbocycles. The number of carbonyl (C=O) groups is 1. The zero-order valence-electron chi connectivity index (χ0n) is 11.2. The van der Waals surface area contributed by atoms with E-state index < -0.39 is 0 Å². The zero-order chi connectivity index (χ0) is 13.3. The number of hydrogen-bond acceptors (Lipinski definition) is 3. The van der Waals surface area contributed by atoms with E-state index in [4.69, 9.17) is 0 Å². The summed E-state index contributed by atoms with van der Waals surface area (Å²) in [6.07, 6.45) is 0.902. The van der Waals surface area contributed by atoms with Crippen molar-refractivity contribution in [1.29, 1.82) is 0 Å². The average Bonchev–Trinajstić information content (AvgIpc) is 2.69. The molecule has 2 aromatic rings. The van der Waals surface area contributed by atoms with Gasteiger partial charge in [-0.1, -0.05) is 6.92 Å². The van der Waals surface area contributed by atoms with Gasteiger partial charge in [-0.05, 0) is 33.3 Å². The van der Waals surface area contributed by atoms with Gasteiger partial charge in [0.1, 0.15) is 5.69 Å². The van der Waals surface area contributed by atoms with Crippen molar-refractivity contribution in [1.82, 2.24) is 19.9 Å². The van der Waals surface area contributed by atoms with Crippen molar-refractivity contribution in [2.24, 2.45) is 0 Å². The molecular weight excluding hydrogens is 228 g/mol. The van der Waals surface area contributed by atoms with Gasteiger partial charge in [0.05, 0.1) is 5.69 Å². The van der Waals surface area contributed by atoms with Gasteiger partial charge in [0.15, 0.2) is 5.65 Å². The minimum atomic E-state index is -0.131. The maximum absolute atomic E-state index is 12.0. The lowest BCUT2D eigenvalue weighted by molar-refractivity contribution is 0.0934. The Morgan fingerprint density at radius 3 is 2.83 bits per heavy atom. The highest BCUT2D eigenvalue weighted by Crippen LogP contribution is 2.09. The van der Waals surface area contributed by atoms with Gasteiger partial charge in [0.2, 0.25) is 0 Å². The fourth-order valence-corrected chi connectivity index (χ4v) is 1.76. The number of nitrogens with one attached hydrogen (secondary N) is 1. The van der Waals surface area contributed by atoms with Crippen LogP contribution >= 0.6 is 0 Å². The Labute approximate surface area is 106 Å². The Balaban J connectivity index is 2.37. The number of carbonyl (C=O) groups excluding carboxylic acids is 1. The van der Waals surface area contributed by atoms with Crippen molar-refractivity contribution in [3.8, 4) is 0 Å². The predicted octanol–water partition coefficient (Wildman–Crippen LogP) is 1.87. The highest BCUT2D eigenvalue weighted by molar-refractivity contribution is 5.93. The van der Waals surface area contributed by atoms with Crippen LogP contribution in [0, 0.1) is 13.8 Å². The maximum Gasteiger partial charge on any atom is 0.270 e. The van der Waals surface area contributed by atoms with Gasteiger partial charge in [-0.3, -0.25) is 4.79 Å². The fraction of sp³-hybridized carbons (Fsp3) is 0.462. The SMILES string of the molecule is CCC(C)NC(=O)c1cc(C)n2nc(C)cc2n1. The van der Waals surface area contributed by atoms with Crippen LogP contribution in [0.2, 0.25) is 0 Å². The van der Waals surface area contributed by atoms with Gasteiger partial charge in [0.25, 0.3) is 5.91 Å². The van der Waals surface area contributed by atoms with E-state index in [0.29, 0.717) is 11.3 Å². The molecule has 2 heterocycles. The molecule has 1 amide bonds. The topological polar surface area (TPSA) is 59.3 Å². The summed E-state index contributed by atoms with van der Waals surface area (Å²) in [5.74, 6) is -0.131. The lowest BCUT2D eigenvalue weighted by Gasteiger charge is -2.11. The van der Waals surface area contributed by atoms with Crippen LogP contribution in [0.4, 0.5) is 0 Å². The smallest absolute Gasteiger partial charge is 0.270 e. The third-order valence-corrected chi connectivity index (χ3v) is 2.95. The van der Waals surface area contributed by atoms with Gasteiger partial charge < -0.3 is 5.32 Å². The number of hydrogen-bond donors (Lipinski definition) is 1. The Morgan fingerprint density at radius 1 is 1.44 bits per heavy atom. The Kier molecular flexibility index (Phi) is 3.32. The van der Waals surface area contributed by atoms with E-state index in [2.05, 4.69) is 15.4 Å². The van der Waals surface area contributed by atoms with Gasteiger partial charge in [0, 0.05) is 17.8 Å². The zero-order valence-corrected chi connectivity index (χ0v) is 11.2. The minimum Gasteiger partial charge on any atom is -0.348 e. The molecule has 0 fully saturated rings. The van der Waals surface area contributed by atoms with Crippen molar-refractivity contribution >= 4 is 11.6 Å². The molecule has 0 saturated heterocycles. The van der Waals surface area contributed by atoms with Crippen LogP contribution < -0.4 is 5.32 Å². The van der Waals surface area contributed by atoms with Crippen molar-refractivity contribution in [3.63, 3.8) is 0 Å². The summed E-state index contributed by atoms with van der Waals surface area (Å²) in [5, 5.41) is 7.23. The largest absolute Gasteiger partial charge is 0.348 e. The van der Waals surface area contributed by atoms with Crippen LogP contribution in [0.25, 0.3) is 5.65 Å². The average molecular weight is 246 g/mol. The Hall–Kier alpha value is -1.91. The predicted molar refractivity (Wildman–Crippen MR) is 69.7 cm³/mol. The van der Waals surface area contributed by atoms with E-state index in [9.17, 15) is 4.79 Å². The number of aryl methyl sites for hydroxylation is 2. The quantitative estimate of drug-likeness (QED) is 0.899. The maximum atomic E-state index is 12.0. The number of aromatic nitrogens is 3. The van der Waals surface area contributed by atoms with Crippen molar-refractivity contribution in [2.75, 3.05) is 0 Å². The van der Waals surface area contributed by atoms with Crippen molar-refractivity contribution in [2.45, 2.75) is 40.2 Å². The molecular formula is C13H18N4O. The molecule has 0 spiro atoms. The van der Waals surface area contributed by atoms with Gasteiger partial charge >= 0.3 is 0 Å². The summed E-state index contributed by atoms with van der Waals surface area (Å²) in [5.41, 5.74) is 2.95. The van der Waals surface area contributed by atoms with E-state index in [0.717, 1.165) is 17.8 Å². The molecule has 5 nitrogen and oxygen atoms in total. The van der Waals surface area contributed by atoms with Crippen LogP contribution in [0.15, 0.2) is 12.1 Å². The lowest BCUT2D eigenvalue weighted by Crippen LogP contribution is -2.32. The standard InChI is InChI=1S/C13H18N4O/c1-5-8(2)14-13(18)11-7-10(4)17-12(15-11)6-9(3)16-17/h6-8H,5H2,1-4H3,(H,14,18). The third-order valence-electron chi connectivity index (χ3n) is 2.95. The first-order valence-corrected chi connectivity index (χ1v) is 6.16. The first-order chi connectivity index (χ1) is 8.51. The molecule has 1 N–H and O–H groups in total. The molecule has 0 radical (unpaired) electrons. The minimum absolute atomic E-state index is 0.131. The van der Waals surface area contributed by atoms with Crippen LogP contribution in [0.5, 0.6) is 0 Å². The lowest BCUT2D eigenvalue weighted by atomic mass is 10.2. The first kappa shape index (κ1) is 12.5. The van der Waals surface area contributed by atoms with E-state index in [1.54, 1.807) is 10.6 Å². The van der Waals surface area contributed by atoms with Crippen molar-refractivity contribution < 1.29 is 4.79 Å². The van der Waals surface area contributed by atoms with Crippen LogP contribution in [-0.4, -0.2) is 26.5 Å². The second-order valence-corrected chi connectivity index (χ2v) is 4.62. The van der Waals surface area contributed by atoms with E-state index in [1.807, 2.05) is 33.8 Å². The van der Waals surface area contributed by atoms with Crippen molar-refractivity contribution in [3.05, 3.63) is 29.2 Å².